The fourth-order valence-electron chi connectivity index (χ4n) is 2.09. The Hall–Kier alpha value is -3.06. The summed E-state index contributed by atoms with van der Waals surface area (Å²) in [5.74, 6) is 4.29. The van der Waals surface area contributed by atoms with E-state index in [0.717, 1.165) is 33.7 Å². The second-order valence-corrected chi connectivity index (χ2v) is 4.67. The highest BCUT2D eigenvalue weighted by Gasteiger charge is 2.04. The summed E-state index contributed by atoms with van der Waals surface area (Å²) in [6.45, 7) is 2.02. The third-order valence-electron chi connectivity index (χ3n) is 3.14. The van der Waals surface area contributed by atoms with Crippen molar-refractivity contribution < 1.29 is 0 Å². The molecule has 0 amide bonds. The largest absolute Gasteiger partial charge is 0.359 e. The monoisotopic (exact) mass is 274 g/mol. The van der Waals surface area contributed by atoms with Crippen LogP contribution in [0.5, 0.6) is 0 Å². The second-order valence-electron chi connectivity index (χ2n) is 4.67. The van der Waals surface area contributed by atoms with Gasteiger partial charge in [0.05, 0.1) is 5.52 Å². The van der Waals surface area contributed by atoms with Crippen LogP contribution < -0.4 is 11.1 Å². The van der Waals surface area contributed by atoms with Gasteiger partial charge >= 0.3 is 0 Å². The molecule has 0 aliphatic rings. The third-order valence-corrected chi connectivity index (χ3v) is 3.14. The first-order chi connectivity index (χ1) is 10.3. The predicted molar refractivity (Wildman–Crippen MR) is 85.1 cm³/mol. The summed E-state index contributed by atoms with van der Waals surface area (Å²) in [6.07, 6.45) is 1.68. The quantitative estimate of drug-likeness (QED) is 0.557. The fraction of sp³-hybridized carbons (Fsp3) is 0.0588. The zero-order chi connectivity index (χ0) is 14.7. The summed E-state index contributed by atoms with van der Waals surface area (Å²) in [7, 11) is 0. The summed E-state index contributed by atoms with van der Waals surface area (Å²) in [6, 6.07) is 16.2. The number of para-hydroxylation sites is 1. The zero-order valence-corrected chi connectivity index (χ0v) is 11.6. The van der Waals surface area contributed by atoms with Crippen molar-refractivity contribution in [2.75, 3.05) is 5.32 Å². The molecule has 0 radical (unpaired) electrons. The summed E-state index contributed by atoms with van der Waals surface area (Å²) in [5, 5.41) is 4.36. The van der Waals surface area contributed by atoms with Gasteiger partial charge in [-0.15, -0.1) is 0 Å². The number of rotatable bonds is 2. The second kappa shape index (κ2) is 5.51. The van der Waals surface area contributed by atoms with E-state index in [-0.39, 0.29) is 0 Å². The molecule has 21 heavy (non-hydrogen) atoms. The molecule has 0 aliphatic carbocycles. The molecule has 0 spiro atoms. The van der Waals surface area contributed by atoms with Crippen LogP contribution in [-0.2, 0) is 0 Å². The first-order valence-electron chi connectivity index (χ1n) is 6.57. The van der Waals surface area contributed by atoms with Gasteiger partial charge in [0.15, 0.2) is 0 Å². The molecule has 2 aromatic heterocycles. The average Bonchev–Trinajstić information content (AvgIpc) is 2.50. The molecule has 0 aliphatic heterocycles. The standard InChI is InChI=1S/C17H14N4/c1-12-10-14-4-2-3-5-15(14)20-17(12)21-16-7-6-13(8-9-18)11-19-16/h2-7,10-11H,18H2,1H3,(H,19,20,21). The number of pyridine rings is 2. The van der Waals surface area contributed by atoms with Crippen molar-refractivity contribution >= 4 is 22.5 Å². The number of nitrogens with two attached hydrogens (primary N) is 1. The predicted octanol–water partition coefficient (Wildman–Crippen LogP) is 2.95. The van der Waals surface area contributed by atoms with E-state index in [1.807, 2.05) is 37.3 Å². The number of aryl methyl sites for hydroxylation is 1. The molecule has 2 heterocycles. The van der Waals surface area contributed by atoms with Crippen molar-refractivity contribution in [3.05, 3.63) is 59.8 Å². The van der Waals surface area contributed by atoms with Gasteiger partial charge in [-0.05, 0) is 42.7 Å². The lowest BCUT2D eigenvalue weighted by molar-refractivity contribution is 1.24. The van der Waals surface area contributed by atoms with Crippen molar-refractivity contribution in [2.24, 2.45) is 5.73 Å². The third kappa shape index (κ3) is 2.77. The summed E-state index contributed by atoms with van der Waals surface area (Å²) in [5.41, 5.74) is 7.99. The maximum Gasteiger partial charge on any atom is 0.135 e. The zero-order valence-electron chi connectivity index (χ0n) is 11.6. The van der Waals surface area contributed by atoms with E-state index in [1.165, 1.54) is 0 Å². The van der Waals surface area contributed by atoms with E-state index in [4.69, 9.17) is 5.73 Å². The van der Waals surface area contributed by atoms with E-state index in [1.54, 1.807) is 6.20 Å². The highest BCUT2D eigenvalue weighted by Crippen LogP contribution is 2.22. The summed E-state index contributed by atoms with van der Waals surface area (Å²) in [4.78, 5) is 8.93. The Kier molecular flexibility index (Phi) is 3.40. The van der Waals surface area contributed by atoms with Crippen LogP contribution in [0.25, 0.3) is 10.9 Å². The molecule has 3 aromatic rings. The van der Waals surface area contributed by atoms with Gasteiger partial charge in [0.25, 0.3) is 0 Å². The number of anilines is 2. The fourth-order valence-corrected chi connectivity index (χ4v) is 2.09. The van der Waals surface area contributed by atoms with Gasteiger partial charge in [0.2, 0.25) is 0 Å². The molecular weight excluding hydrogens is 260 g/mol. The van der Waals surface area contributed by atoms with E-state index in [2.05, 4.69) is 39.4 Å². The average molecular weight is 274 g/mol. The Morgan fingerprint density at radius 2 is 2.00 bits per heavy atom. The first kappa shape index (κ1) is 12.9. The van der Waals surface area contributed by atoms with Gasteiger partial charge in [0.1, 0.15) is 11.6 Å². The van der Waals surface area contributed by atoms with Crippen LogP contribution in [0, 0.1) is 18.9 Å². The minimum atomic E-state index is 0.725. The molecule has 0 saturated carbocycles. The van der Waals surface area contributed by atoms with E-state index < -0.39 is 0 Å². The Balaban J connectivity index is 1.93. The Labute approximate surface area is 123 Å². The Bertz CT molecular complexity index is 842. The SMILES string of the molecule is Cc1cc2ccccc2nc1Nc1ccc(C#CN)cn1. The smallest absolute Gasteiger partial charge is 0.135 e. The summed E-state index contributed by atoms with van der Waals surface area (Å²) >= 11 is 0. The van der Waals surface area contributed by atoms with Crippen LogP contribution in [0.3, 0.4) is 0 Å². The highest BCUT2D eigenvalue weighted by molar-refractivity contribution is 5.82. The lowest BCUT2D eigenvalue weighted by Gasteiger charge is -2.09. The number of aromatic nitrogens is 2. The minimum Gasteiger partial charge on any atom is -0.359 e. The van der Waals surface area contributed by atoms with Gasteiger partial charge in [-0.2, -0.15) is 0 Å². The molecule has 102 valence electrons. The minimum absolute atomic E-state index is 0.725. The van der Waals surface area contributed by atoms with Crippen LogP contribution in [0.2, 0.25) is 0 Å². The van der Waals surface area contributed by atoms with Gasteiger partial charge in [-0.3, -0.25) is 0 Å². The lowest BCUT2D eigenvalue weighted by atomic mass is 10.1. The molecule has 0 saturated heterocycles. The van der Waals surface area contributed by atoms with Crippen LogP contribution in [0.4, 0.5) is 11.6 Å². The molecule has 1 aromatic carbocycles. The van der Waals surface area contributed by atoms with Gasteiger partial charge < -0.3 is 11.1 Å². The number of fused-ring (bicyclic) bond motifs is 1. The molecular formula is C17H14N4. The van der Waals surface area contributed by atoms with Crippen molar-refractivity contribution in [3.8, 4) is 12.0 Å². The van der Waals surface area contributed by atoms with Crippen molar-refractivity contribution in [1.29, 1.82) is 0 Å². The van der Waals surface area contributed by atoms with Crippen molar-refractivity contribution in [2.45, 2.75) is 6.92 Å². The lowest BCUT2D eigenvalue weighted by Crippen LogP contribution is -1.99. The number of hydrogen-bond acceptors (Lipinski definition) is 4. The molecule has 0 unspecified atom stereocenters. The van der Waals surface area contributed by atoms with Crippen molar-refractivity contribution in [1.82, 2.24) is 9.97 Å². The molecule has 0 fully saturated rings. The topological polar surface area (TPSA) is 63.8 Å². The maximum absolute atomic E-state index is 5.18. The van der Waals surface area contributed by atoms with E-state index >= 15 is 0 Å². The molecule has 3 N–H and O–H groups in total. The number of hydrogen-bond donors (Lipinski definition) is 2. The first-order valence-corrected chi connectivity index (χ1v) is 6.57. The van der Waals surface area contributed by atoms with Gasteiger partial charge in [-0.25, -0.2) is 9.97 Å². The van der Waals surface area contributed by atoms with Crippen LogP contribution in [0.15, 0.2) is 48.7 Å². The molecule has 4 nitrogen and oxygen atoms in total. The van der Waals surface area contributed by atoms with Crippen molar-refractivity contribution in [3.63, 3.8) is 0 Å². The molecule has 0 atom stereocenters. The van der Waals surface area contributed by atoms with E-state index in [0.29, 0.717) is 0 Å². The molecule has 3 rings (SSSR count). The normalized spacial score (nSPS) is 9.95. The van der Waals surface area contributed by atoms with Crippen LogP contribution >= 0.6 is 0 Å². The van der Waals surface area contributed by atoms with Crippen LogP contribution in [0.1, 0.15) is 11.1 Å². The maximum atomic E-state index is 5.18. The Morgan fingerprint density at radius 3 is 2.76 bits per heavy atom. The number of nitrogens with one attached hydrogen (secondary N) is 1. The number of benzene rings is 1. The van der Waals surface area contributed by atoms with Crippen LogP contribution in [-0.4, -0.2) is 9.97 Å². The van der Waals surface area contributed by atoms with Gasteiger partial charge in [-0.1, -0.05) is 18.2 Å². The molecule has 4 heteroatoms. The number of nitrogens with zero attached hydrogens (tertiary/aromatic N) is 2. The molecule has 0 bridgehead atoms. The highest BCUT2D eigenvalue weighted by atomic mass is 15.1. The summed E-state index contributed by atoms with van der Waals surface area (Å²) < 4.78 is 0. The van der Waals surface area contributed by atoms with E-state index in [9.17, 15) is 0 Å². The van der Waals surface area contributed by atoms with Gasteiger partial charge in [0, 0.05) is 23.2 Å². The Morgan fingerprint density at radius 1 is 1.14 bits per heavy atom.